The van der Waals surface area contributed by atoms with Gasteiger partial charge in [0, 0.05) is 11.6 Å². The van der Waals surface area contributed by atoms with Crippen molar-refractivity contribution in [2.75, 3.05) is 6.54 Å². The molecular weight excluding hydrogens is 300 g/mol. The first-order valence-electron chi connectivity index (χ1n) is 8.37. The van der Waals surface area contributed by atoms with Gasteiger partial charge in [0.15, 0.2) is 0 Å². The molecule has 0 aliphatic rings. The third-order valence-corrected chi connectivity index (χ3v) is 4.01. The van der Waals surface area contributed by atoms with Crippen LogP contribution in [-0.4, -0.2) is 24.4 Å². The highest BCUT2D eigenvalue weighted by atomic mass is 16.2. The van der Waals surface area contributed by atoms with Crippen LogP contribution in [-0.2, 0) is 4.79 Å². The summed E-state index contributed by atoms with van der Waals surface area (Å²) >= 11 is 0. The SMILES string of the molecule is CCC(CC)NC(=O)CNC(=O)c1ccc(-c2ccccc2)cc1. The monoisotopic (exact) mass is 324 g/mol. The molecule has 0 radical (unpaired) electrons. The lowest BCUT2D eigenvalue weighted by atomic mass is 10.0. The Balaban J connectivity index is 1.90. The van der Waals surface area contributed by atoms with E-state index in [2.05, 4.69) is 10.6 Å². The van der Waals surface area contributed by atoms with E-state index >= 15 is 0 Å². The van der Waals surface area contributed by atoms with Gasteiger partial charge in [0.1, 0.15) is 0 Å². The van der Waals surface area contributed by atoms with E-state index in [0.717, 1.165) is 24.0 Å². The summed E-state index contributed by atoms with van der Waals surface area (Å²) in [6.07, 6.45) is 1.77. The van der Waals surface area contributed by atoms with Gasteiger partial charge in [0.25, 0.3) is 5.91 Å². The normalized spacial score (nSPS) is 10.5. The molecular formula is C20H24N2O2. The van der Waals surface area contributed by atoms with Gasteiger partial charge >= 0.3 is 0 Å². The van der Waals surface area contributed by atoms with Crippen molar-refractivity contribution in [2.45, 2.75) is 32.7 Å². The van der Waals surface area contributed by atoms with E-state index in [-0.39, 0.29) is 24.4 Å². The van der Waals surface area contributed by atoms with Crippen LogP contribution in [0.25, 0.3) is 11.1 Å². The van der Waals surface area contributed by atoms with E-state index in [0.29, 0.717) is 5.56 Å². The smallest absolute Gasteiger partial charge is 0.251 e. The minimum atomic E-state index is -0.241. The Kier molecular flexibility index (Phi) is 6.55. The van der Waals surface area contributed by atoms with Crippen molar-refractivity contribution >= 4 is 11.8 Å². The molecule has 4 heteroatoms. The van der Waals surface area contributed by atoms with E-state index in [1.165, 1.54) is 0 Å². The largest absolute Gasteiger partial charge is 0.352 e. The van der Waals surface area contributed by atoms with Gasteiger partial charge in [-0.05, 0) is 36.1 Å². The van der Waals surface area contributed by atoms with Crippen LogP contribution in [0.1, 0.15) is 37.0 Å². The minimum Gasteiger partial charge on any atom is -0.352 e. The summed E-state index contributed by atoms with van der Waals surface area (Å²) in [5, 5.41) is 5.56. The lowest BCUT2D eigenvalue weighted by molar-refractivity contribution is -0.120. The van der Waals surface area contributed by atoms with Gasteiger partial charge in [-0.3, -0.25) is 9.59 Å². The summed E-state index contributed by atoms with van der Waals surface area (Å²) in [5.74, 6) is -0.396. The number of rotatable bonds is 7. The molecule has 0 unspecified atom stereocenters. The molecule has 24 heavy (non-hydrogen) atoms. The summed E-state index contributed by atoms with van der Waals surface area (Å²) in [6, 6.07) is 17.5. The molecule has 2 N–H and O–H groups in total. The van der Waals surface area contributed by atoms with Crippen molar-refractivity contribution in [1.29, 1.82) is 0 Å². The van der Waals surface area contributed by atoms with Crippen LogP contribution in [0.4, 0.5) is 0 Å². The number of hydrogen-bond acceptors (Lipinski definition) is 2. The van der Waals surface area contributed by atoms with Gasteiger partial charge in [-0.2, -0.15) is 0 Å². The highest BCUT2D eigenvalue weighted by Gasteiger charge is 2.11. The Labute approximate surface area is 143 Å². The summed E-state index contributed by atoms with van der Waals surface area (Å²) in [5.41, 5.74) is 2.71. The molecule has 0 atom stereocenters. The van der Waals surface area contributed by atoms with Crippen LogP contribution in [0.15, 0.2) is 54.6 Å². The molecule has 0 spiro atoms. The van der Waals surface area contributed by atoms with Crippen LogP contribution in [0.5, 0.6) is 0 Å². The topological polar surface area (TPSA) is 58.2 Å². The van der Waals surface area contributed by atoms with E-state index in [1.807, 2.05) is 56.3 Å². The second-order valence-electron chi connectivity index (χ2n) is 5.71. The Hall–Kier alpha value is -2.62. The van der Waals surface area contributed by atoms with Crippen LogP contribution in [0, 0.1) is 0 Å². The lowest BCUT2D eigenvalue weighted by Gasteiger charge is -2.14. The number of hydrogen-bond donors (Lipinski definition) is 2. The predicted octanol–water partition coefficient (Wildman–Crippen LogP) is 3.39. The second-order valence-corrected chi connectivity index (χ2v) is 5.71. The summed E-state index contributed by atoms with van der Waals surface area (Å²) in [6.45, 7) is 4.05. The van der Waals surface area contributed by atoms with Crippen molar-refractivity contribution in [2.24, 2.45) is 0 Å². The Morgan fingerprint density at radius 1 is 0.875 bits per heavy atom. The molecule has 2 aromatic carbocycles. The number of amides is 2. The highest BCUT2D eigenvalue weighted by Crippen LogP contribution is 2.19. The van der Waals surface area contributed by atoms with Gasteiger partial charge in [-0.25, -0.2) is 0 Å². The zero-order valence-corrected chi connectivity index (χ0v) is 14.2. The Bertz CT molecular complexity index is 662. The summed E-state index contributed by atoms with van der Waals surface area (Å²) < 4.78 is 0. The van der Waals surface area contributed by atoms with E-state index < -0.39 is 0 Å². The third kappa shape index (κ3) is 4.95. The summed E-state index contributed by atoms with van der Waals surface area (Å²) in [4.78, 5) is 24.0. The van der Waals surface area contributed by atoms with Crippen LogP contribution < -0.4 is 10.6 Å². The predicted molar refractivity (Wildman–Crippen MR) is 96.7 cm³/mol. The number of carbonyl (C=O) groups is 2. The third-order valence-electron chi connectivity index (χ3n) is 4.01. The standard InChI is InChI=1S/C20H24N2O2/c1-3-18(4-2)22-19(23)14-21-20(24)17-12-10-16(11-13-17)15-8-6-5-7-9-15/h5-13,18H,3-4,14H2,1-2H3,(H,21,24)(H,22,23). The molecule has 2 amide bonds. The molecule has 0 aliphatic heterocycles. The second kappa shape index (κ2) is 8.87. The van der Waals surface area contributed by atoms with Crippen molar-refractivity contribution in [1.82, 2.24) is 10.6 Å². The molecule has 0 heterocycles. The maximum Gasteiger partial charge on any atom is 0.251 e. The van der Waals surface area contributed by atoms with Crippen LogP contribution in [0.3, 0.4) is 0 Å². The zero-order chi connectivity index (χ0) is 17.4. The number of carbonyl (C=O) groups excluding carboxylic acids is 2. The van der Waals surface area contributed by atoms with E-state index in [9.17, 15) is 9.59 Å². The van der Waals surface area contributed by atoms with Crippen molar-refractivity contribution in [3.8, 4) is 11.1 Å². The molecule has 0 saturated carbocycles. The van der Waals surface area contributed by atoms with E-state index in [4.69, 9.17) is 0 Å². The van der Waals surface area contributed by atoms with Gasteiger partial charge in [-0.1, -0.05) is 56.3 Å². The molecule has 4 nitrogen and oxygen atoms in total. The van der Waals surface area contributed by atoms with Gasteiger partial charge in [0.2, 0.25) is 5.91 Å². The molecule has 2 rings (SSSR count). The molecule has 0 aliphatic carbocycles. The van der Waals surface area contributed by atoms with Crippen molar-refractivity contribution < 1.29 is 9.59 Å². The Morgan fingerprint density at radius 3 is 2.04 bits per heavy atom. The average molecular weight is 324 g/mol. The van der Waals surface area contributed by atoms with Crippen molar-refractivity contribution in [3.05, 3.63) is 60.2 Å². The first-order chi connectivity index (χ1) is 11.6. The lowest BCUT2D eigenvalue weighted by Crippen LogP contribution is -2.41. The van der Waals surface area contributed by atoms with Crippen molar-refractivity contribution in [3.63, 3.8) is 0 Å². The average Bonchev–Trinajstić information content (AvgIpc) is 2.65. The molecule has 126 valence electrons. The molecule has 0 aromatic heterocycles. The van der Waals surface area contributed by atoms with E-state index in [1.54, 1.807) is 12.1 Å². The Morgan fingerprint density at radius 2 is 1.46 bits per heavy atom. The first kappa shape index (κ1) is 17.7. The summed E-state index contributed by atoms with van der Waals surface area (Å²) in [7, 11) is 0. The molecule has 2 aromatic rings. The molecule has 0 saturated heterocycles. The zero-order valence-electron chi connectivity index (χ0n) is 14.2. The molecule has 0 fully saturated rings. The minimum absolute atomic E-state index is 0.00420. The quantitative estimate of drug-likeness (QED) is 0.820. The van der Waals surface area contributed by atoms with Gasteiger partial charge in [0.05, 0.1) is 6.54 Å². The maximum atomic E-state index is 12.1. The van der Waals surface area contributed by atoms with Gasteiger partial charge in [-0.15, -0.1) is 0 Å². The fourth-order valence-corrected chi connectivity index (χ4v) is 2.48. The van der Waals surface area contributed by atoms with Crippen LogP contribution in [0.2, 0.25) is 0 Å². The molecule has 0 bridgehead atoms. The highest BCUT2D eigenvalue weighted by molar-refractivity contribution is 5.96. The number of nitrogens with one attached hydrogen (secondary N) is 2. The number of benzene rings is 2. The van der Waals surface area contributed by atoms with Gasteiger partial charge < -0.3 is 10.6 Å². The fraction of sp³-hybridized carbons (Fsp3) is 0.300. The van der Waals surface area contributed by atoms with Crippen LogP contribution >= 0.6 is 0 Å². The first-order valence-corrected chi connectivity index (χ1v) is 8.37. The fourth-order valence-electron chi connectivity index (χ4n) is 2.48. The maximum absolute atomic E-state index is 12.1.